The van der Waals surface area contributed by atoms with Crippen molar-refractivity contribution >= 4 is 16.7 Å². The van der Waals surface area contributed by atoms with Crippen LogP contribution in [0.25, 0.3) is 10.9 Å². The van der Waals surface area contributed by atoms with Gasteiger partial charge in [0.25, 0.3) is 0 Å². The first-order valence-corrected chi connectivity index (χ1v) is 9.13. The number of anilines is 1. The third-order valence-electron chi connectivity index (χ3n) is 4.99. The van der Waals surface area contributed by atoms with Crippen LogP contribution < -0.4 is 9.64 Å². The molecule has 1 aliphatic rings. The van der Waals surface area contributed by atoms with Crippen LogP contribution in [0.3, 0.4) is 0 Å². The average Bonchev–Trinajstić information content (AvgIpc) is 2.67. The molecule has 0 radical (unpaired) electrons. The first kappa shape index (κ1) is 15.9. The summed E-state index contributed by atoms with van der Waals surface area (Å²) in [7, 11) is 0. The van der Waals surface area contributed by atoms with Crippen LogP contribution in [-0.2, 0) is 6.61 Å². The molecular formula is C22H24N2O. The van der Waals surface area contributed by atoms with Gasteiger partial charge in [0, 0.05) is 18.5 Å². The predicted molar refractivity (Wildman–Crippen MR) is 103 cm³/mol. The third kappa shape index (κ3) is 3.46. The largest absolute Gasteiger partial charge is 0.487 e. The van der Waals surface area contributed by atoms with Crippen LogP contribution in [-0.4, -0.2) is 18.1 Å². The topological polar surface area (TPSA) is 25.4 Å². The van der Waals surface area contributed by atoms with E-state index in [-0.39, 0.29) is 0 Å². The van der Waals surface area contributed by atoms with Crippen molar-refractivity contribution in [2.75, 3.05) is 18.0 Å². The van der Waals surface area contributed by atoms with Crippen LogP contribution in [0.5, 0.6) is 5.75 Å². The number of ether oxygens (including phenoxy) is 1. The van der Waals surface area contributed by atoms with E-state index in [0.29, 0.717) is 6.61 Å². The second kappa shape index (κ2) is 7.14. The molecule has 25 heavy (non-hydrogen) atoms. The summed E-state index contributed by atoms with van der Waals surface area (Å²) in [6.45, 7) is 4.89. The molecule has 1 saturated heterocycles. The summed E-state index contributed by atoms with van der Waals surface area (Å²) >= 11 is 0. The minimum atomic E-state index is 0.571. The number of aromatic nitrogens is 1. The standard InChI is InChI=1S/C22H24N2O/c1-17-8-3-4-9-19(17)16-25-20-11-7-10-18-12-13-21(23-22(18)20)24-14-5-2-6-15-24/h3-4,7-13H,2,5-6,14-16H2,1H3. The highest BCUT2D eigenvalue weighted by Crippen LogP contribution is 2.28. The molecule has 3 aromatic rings. The molecule has 0 unspecified atom stereocenters. The molecule has 0 atom stereocenters. The number of nitrogens with zero attached hydrogens (tertiary/aromatic N) is 2. The molecule has 0 bridgehead atoms. The van der Waals surface area contributed by atoms with Crippen LogP contribution in [0.4, 0.5) is 5.82 Å². The van der Waals surface area contributed by atoms with Gasteiger partial charge in [-0.25, -0.2) is 4.98 Å². The van der Waals surface area contributed by atoms with E-state index < -0.39 is 0 Å². The lowest BCUT2D eigenvalue weighted by molar-refractivity contribution is 0.308. The van der Waals surface area contributed by atoms with Gasteiger partial charge in [-0.2, -0.15) is 0 Å². The van der Waals surface area contributed by atoms with E-state index in [4.69, 9.17) is 9.72 Å². The van der Waals surface area contributed by atoms with E-state index in [9.17, 15) is 0 Å². The highest BCUT2D eigenvalue weighted by atomic mass is 16.5. The molecule has 0 spiro atoms. The van der Waals surface area contributed by atoms with E-state index in [1.807, 2.05) is 12.1 Å². The van der Waals surface area contributed by atoms with Crippen molar-refractivity contribution in [1.82, 2.24) is 4.98 Å². The number of fused-ring (bicyclic) bond motifs is 1. The maximum Gasteiger partial charge on any atom is 0.146 e. The van der Waals surface area contributed by atoms with Crippen LogP contribution in [0.1, 0.15) is 30.4 Å². The summed E-state index contributed by atoms with van der Waals surface area (Å²) in [4.78, 5) is 7.32. The highest BCUT2D eigenvalue weighted by Gasteiger charge is 2.14. The van der Waals surface area contributed by atoms with Crippen LogP contribution in [0.15, 0.2) is 54.6 Å². The monoisotopic (exact) mass is 332 g/mol. The second-order valence-corrected chi connectivity index (χ2v) is 6.76. The Balaban J connectivity index is 1.62. The van der Waals surface area contributed by atoms with Gasteiger partial charge >= 0.3 is 0 Å². The zero-order valence-electron chi connectivity index (χ0n) is 14.7. The predicted octanol–water partition coefficient (Wildman–Crippen LogP) is 5.11. The highest BCUT2D eigenvalue weighted by molar-refractivity contribution is 5.86. The number of piperidine rings is 1. The Morgan fingerprint density at radius 2 is 1.76 bits per heavy atom. The zero-order valence-corrected chi connectivity index (χ0v) is 14.7. The summed E-state index contributed by atoms with van der Waals surface area (Å²) in [5.41, 5.74) is 3.43. The summed E-state index contributed by atoms with van der Waals surface area (Å²) in [6.07, 6.45) is 3.84. The summed E-state index contributed by atoms with van der Waals surface area (Å²) in [5, 5.41) is 1.13. The number of hydrogen-bond acceptors (Lipinski definition) is 3. The molecule has 4 rings (SSSR count). The van der Waals surface area contributed by atoms with Crippen LogP contribution in [0.2, 0.25) is 0 Å². The molecule has 2 heterocycles. The molecule has 0 amide bonds. The SMILES string of the molecule is Cc1ccccc1COc1cccc2ccc(N3CCCCC3)nc12. The van der Waals surface area contributed by atoms with Gasteiger partial charge in [0.05, 0.1) is 0 Å². The van der Waals surface area contributed by atoms with Gasteiger partial charge in [-0.1, -0.05) is 36.4 Å². The van der Waals surface area contributed by atoms with Crippen molar-refractivity contribution < 1.29 is 4.74 Å². The fourth-order valence-corrected chi connectivity index (χ4v) is 3.45. The van der Waals surface area contributed by atoms with Crippen molar-refractivity contribution in [3.05, 3.63) is 65.7 Å². The Kier molecular flexibility index (Phi) is 4.55. The summed E-state index contributed by atoms with van der Waals surface area (Å²) < 4.78 is 6.15. The van der Waals surface area contributed by atoms with Crippen molar-refractivity contribution in [1.29, 1.82) is 0 Å². The Hall–Kier alpha value is -2.55. The number of aryl methyl sites for hydroxylation is 1. The molecule has 3 nitrogen and oxygen atoms in total. The smallest absolute Gasteiger partial charge is 0.146 e. The molecule has 3 heteroatoms. The Labute approximate surface area is 149 Å². The number of pyridine rings is 1. The first-order chi connectivity index (χ1) is 12.3. The lowest BCUT2D eigenvalue weighted by atomic mass is 10.1. The lowest BCUT2D eigenvalue weighted by Crippen LogP contribution is -2.30. The van der Waals surface area contributed by atoms with Gasteiger partial charge in [-0.3, -0.25) is 0 Å². The molecule has 0 aliphatic carbocycles. The van der Waals surface area contributed by atoms with Crippen LogP contribution in [0, 0.1) is 6.92 Å². The summed E-state index contributed by atoms with van der Waals surface area (Å²) in [6, 6.07) is 18.8. The van der Waals surface area contributed by atoms with E-state index in [1.165, 1.54) is 30.4 Å². The average molecular weight is 332 g/mol. The minimum Gasteiger partial charge on any atom is -0.487 e. The molecular weight excluding hydrogens is 308 g/mol. The minimum absolute atomic E-state index is 0.571. The van der Waals surface area contributed by atoms with Crippen molar-refractivity contribution in [2.45, 2.75) is 32.8 Å². The van der Waals surface area contributed by atoms with Gasteiger partial charge in [-0.15, -0.1) is 0 Å². The van der Waals surface area contributed by atoms with E-state index in [0.717, 1.165) is 35.6 Å². The zero-order chi connectivity index (χ0) is 17.1. The van der Waals surface area contributed by atoms with Gasteiger partial charge in [0.15, 0.2) is 0 Å². The van der Waals surface area contributed by atoms with Gasteiger partial charge < -0.3 is 9.64 Å². The van der Waals surface area contributed by atoms with Crippen LogP contribution >= 0.6 is 0 Å². The Morgan fingerprint density at radius 1 is 0.920 bits per heavy atom. The van der Waals surface area contributed by atoms with Gasteiger partial charge in [0.2, 0.25) is 0 Å². The molecule has 1 aromatic heterocycles. The maximum atomic E-state index is 6.15. The molecule has 1 aliphatic heterocycles. The molecule has 0 saturated carbocycles. The van der Waals surface area contributed by atoms with E-state index in [1.54, 1.807) is 0 Å². The van der Waals surface area contributed by atoms with Crippen molar-refractivity contribution in [3.8, 4) is 5.75 Å². The summed E-state index contributed by atoms with van der Waals surface area (Å²) in [5.74, 6) is 1.93. The number of para-hydroxylation sites is 1. The number of rotatable bonds is 4. The number of benzene rings is 2. The van der Waals surface area contributed by atoms with Crippen molar-refractivity contribution in [3.63, 3.8) is 0 Å². The Bertz CT molecular complexity index is 869. The lowest BCUT2D eigenvalue weighted by Gasteiger charge is -2.28. The molecule has 128 valence electrons. The normalized spacial score (nSPS) is 14.7. The first-order valence-electron chi connectivity index (χ1n) is 9.13. The third-order valence-corrected chi connectivity index (χ3v) is 4.99. The molecule has 0 N–H and O–H groups in total. The van der Waals surface area contributed by atoms with Crippen molar-refractivity contribution in [2.24, 2.45) is 0 Å². The Morgan fingerprint density at radius 3 is 2.60 bits per heavy atom. The maximum absolute atomic E-state index is 6.15. The van der Waals surface area contributed by atoms with Gasteiger partial charge in [0.1, 0.15) is 23.7 Å². The quantitative estimate of drug-likeness (QED) is 0.663. The van der Waals surface area contributed by atoms with E-state index in [2.05, 4.69) is 54.3 Å². The second-order valence-electron chi connectivity index (χ2n) is 6.76. The molecule has 2 aromatic carbocycles. The van der Waals surface area contributed by atoms with E-state index >= 15 is 0 Å². The van der Waals surface area contributed by atoms with Gasteiger partial charge in [-0.05, 0) is 55.5 Å². The fourth-order valence-electron chi connectivity index (χ4n) is 3.45. The molecule has 1 fully saturated rings. The fraction of sp³-hybridized carbons (Fsp3) is 0.318. The number of hydrogen-bond donors (Lipinski definition) is 0.